The molecule has 0 aliphatic heterocycles. The van der Waals surface area contributed by atoms with Crippen molar-refractivity contribution >= 4 is 17.7 Å². The molecule has 1 heterocycles. The van der Waals surface area contributed by atoms with E-state index in [0.717, 1.165) is 0 Å². The highest BCUT2D eigenvalue weighted by atomic mass is 32.2. The summed E-state index contributed by atoms with van der Waals surface area (Å²) in [5.74, 6) is -0.244. The Bertz CT molecular complexity index is 317. The second-order valence-electron chi connectivity index (χ2n) is 2.50. The number of carbonyl (C=O) groups is 1. The molecule has 1 aromatic rings. The van der Waals surface area contributed by atoms with E-state index in [1.165, 1.54) is 11.8 Å². The van der Waals surface area contributed by atoms with Crippen LogP contribution < -0.4 is 0 Å². The van der Waals surface area contributed by atoms with Crippen molar-refractivity contribution in [2.24, 2.45) is 0 Å². The first-order valence-electron chi connectivity index (χ1n) is 4.05. The molecule has 0 bridgehead atoms. The van der Waals surface area contributed by atoms with Crippen LogP contribution in [-0.2, 0) is 4.74 Å². The Labute approximate surface area is 86.3 Å². The standard InChI is InChI=1S/C9H11NO3S/c1-13-5-6-14-8-7(9(11)12)3-2-4-10-8/h2-4H,5-6H2,1H3,(H,11,12). The van der Waals surface area contributed by atoms with E-state index in [1.807, 2.05) is 0 Å². The van der Waals surface area contributed by atoms with Crippen LogP contribution in [-0.4, -0.2) is 35.5 Å². The van der Waals surface area contributed by atoms with Crippen molar-refractivity contribution in [3.05, 3.63) is 23.9 Å². The molecule has 1 N–H and O–H groups in total. The predicted octanol–water partition coefficient (Wildman–Crippen LogP) is 1.52. The highest BCUT2D eigenvalue weighted by molar-refractivity contribution is 7.99. The van der Waals surface area contributed by atoms with Crippen molar-refractivity contribution in [1.82, 2.24) is 4.98 Å². The highest BCUT2D eigenvalue weighted by Crippen LogP contribution is 2.19. The van der Waals surface area contributed by atoms with Crippen molar-refractivity contribution in [1.29, 1.82) is 0 Å². The zero-order valence-corrected chi connectivity index (χ0v) is 8.58. The predicted molar refractivity (Wildman–Crippen MR) is 53.8 cm³/mol. The zero-order chi connectivity index (χ0) is 10.4. The number of hydrogen-bond acceptors (Lipinski definition) is 4. The number of carboxylic acid groups (broad SMARTS) is 1. The molecule has 0 atom stereocenters. The number of hydrogen-bond donors (Lipinski definition) is 1. The van der Waals surface area contributed by atoms with Gasteiger partial charge in [0.05, 0.1) is 12.2 Å². The summed E-state index contributed by atoms with van der Waals surface area (Å²) in [7, 11) is 1.61. The molecule has 0 radical (unpaired) electrons. The minimum atomic E-state index is -0.946. The van der Waals surface area contributed by atoms with Gasteiger partial charge in [-0.25, -0.2) is 9.78 Å². The number of aromatic carboxylic acids is 1. The molecule has 1 rings (SSSR count). The van der Waals surface area contributed by atoms with E-state index in [1.54, 1.807) is 25.4 Å². The molecule has 0 amide bonds. The van der Waals surface area contributed by atoms with Gasteiger partial charge in [-0.3, -0.25) is 0 Å². The molecule has 0 spiro atoms. The number of methoxy groups -OCH3 is 1. The van der Waals surface area contributed by atoms with Crippen LogP contribution in [0.5, 0.6) is 0 Å². The van der Waals surface area contributed by atoms with Gasteiger partial charge in [0.1, 0.15) is 5.03 Å². The Morgan fingerprint density at radius 1 is 1.71 bits per heavy atom. The largest absolute Gasteiger partial charge is 0.478 e. The van der Waals surface area contributed by atoms with Gasteiger partial charge < -0.3 is 9.84 Å². The fourth-order valence-corrected chi connectivity index (χ4v) is 1.78. The maximum absolute atomic E-state index is 10.8. The van der Waals surface area contributed by atoms with Crippen molar-refractivity contribution < 1.29 is 14.6 Å². The number of nitrogens with zero attached hydrogens (tertiary/aromatic N) is 1. The Hall–Kier alpha value is -1.07. The fourth-order valence-electron chi connectivity index (χ4n) is 0.890. The zero-order valence-electron chi connectivity index (χ0n) is 7.77. The summed E-state index contributed by atoms with van der Waals surface area (Å²) < 4.78 is 4.87. The SMILES string of the molecule is COCCSc1ncccc1C(=O)O. The maximum atomic E-state index is 10.8. The average molecular weight is 213 g/mol. The van der Waals surface area contributed by atoms with Gasteiger partial charge in [0, 0.05) is 19.1 Å². The topological polar surface area (TPSA) is 59.4 Å². The summed E-state index contributed by atoms with van der Waals surface area (Å²) >= 11 is 1.38. The van der Waals surface area contributed by atoms with E-state index in [-0.39, 0.29) is 5.56 Å². The third kappa shape index (κ3) is 3.01. The molecule has 0 aromatic carbocycles. The molecule has 5 heteroatoms. The average Bonchev–Trinajstić information content (AvgIpc) is 2.19. The number of aromatic nitrogens is 1. The Morgan fingerprint density at radius 2 is 2.50 bits per heavy atom. The van der Waals surface area contributed by atoms with Crippen LogP contribution in [0.4, 0.5) is 0 Å². The maximum Gasteiger partial charge on any atom is 0.338 e. The molecule has 0 fully saturated rings. The Kier molecular flexibility index (Phi) is 4.42. The number of rotatable bonds is 5. The smallest absolute Gasteiger partial charge is 0.338 e. The summed E-state index contributed by atoms with van der Waals surface area (Å²) in [6, 6.07) is 3.16. The van der Waals surface area contributed by atoms with Gasteiger partial charge in [-0.1, -0.05) is 0 Å². The first kappa shape index (κ1) is 11.0. The normalized spacial score (nSPS) is 10.1. The van der Waals surface area contributed by atoms with E-state index in [9.17, 15) is 4.79 Å². The van der Waals surface area contributed by atoms with Crippen LogP contribution >= 0.6 is 11.8 Å². The number of carboxylic acids is 1. The van der Waals surface area contributed by atoms with Gasteiger partial charge >= 0.3 is 5.97 Å². The molecule has 0 saturated heterocycles. The monoisotopic (exact) mass is 213 g/mol. The Balaban J connectivity index is 2.69. The minimum absolute atomic E-state index is 0.244. The highest BCUT2D eigenvalue weighted by Gasteiger charge is 2.10. The van der Waals surface area contributed by atoms with Gasteiger partial charge in [0.25, 0.3) is 0 Å². The molecule has 14 heavy (non-hydrogen) atoms. The lowest BCUT2D eigenvalue weighted by Gasteiger charge is -2.03. The van der Waals surface area contributed by atoms with Gasteiger partial charge in [0.2, 0.25) is 0 Å². The molecule has 0 aliphatic carbocycles. The molecule has 0 unspecified atom stereocenters. The van der Waals surface area contributed by atoms with E-state index >= 15 is 0 Å². The van der Waals surface area contributed by atoms with Gasteiger partial charge in [-0.15, -0.1) is 11.8 Å². The second kappa shape index (κ2) is 5.62. The van der Waals surface area contributed by atoms with Crippen molar-refractivity contribution in [3.63, 3.8) is 0 Å². The summed E-state index contributed by atoms with van der Waals surface area (Å²) in [6.07, 6.45) is 1.58. The lowest BCUT2D eigenvalue weighted by Crippen LogP contribution is -2.01. The van der Waals surface area contributed by atoms with Crippen molar-refractivity contribution in [2.45, 2.75) is 5.03 Å². The van der Waals surface area contributed by atoms with Crippen LogP contribution in [0.25, 0.3) is 0 Å². The van der Waals surface area contributed by atoms with E-state index < -0.39 is 5.97 Å². The van der Waals surface area contributed by atoms with Crippen molar-refractivity contribution in [3.8, 4) is 0 Å². The van der Waals surface area contributed by atoms with Gasteiger partial charge in [-0.2, -0.15) is 0 Å². The van der Waals surface area contributed by atoms with Gasteiger partial charge in [-0.05, 0) is 12.1 Å². The molecule has 1 aromatic heterocycles. The molecule has 4 nitrogen and oxygen atoms in total. The summed E-state index contributed by atoms with van der Waals surface area (Å²) in [5.41, 5.74) is 0.244. The molecular weight excluding hydrogens is 202 g/mol. The molecule has 0 saturated carbocycles. The minimum Gasteiger partial charge on any atom is -0.478 e. The lowest BCUT2D eigenvalue weighted by molar-refractivity contribution is 0.0692. The molecule has 0 aliphatic rings. The third-order valence-corrected chi connectivity index (χ3v) is 2.50. The summed E-state index contributed by atoms with van der Waals surface area (Å²) in [5, 5.41) is 9.38. The number of pyridine rings is 1. The molecule has 76 valence electrons. The summed E-state index contributed by atoms with van der Waals surface area (Å²) in [4.78, 5) is 14.8. The first-order chi connectivity index (χ1) is 6.75. The fraction of sp³-hybridized carbons (Fsp3) is 0.333. The van der Waals surface area contributed by atoms with E-state index in [4.69, 9.17) is 9.84 Å². The Morgan fingerprint density at radius 3 is 3.14 bits per heavy atom. The van der Waals surface area contributed by atoms with Crippen LogP contribution in [0, 0.1) is 0 Å². The molecular formula is C9H11NO3S. The van der Waals surface area contributed by atoms with Crippen LogP contribution in [0.2, 0.25) is 0 Å². The van der Waals surface area contributed by atoms with Crippen LogP contribution in [0.1, 0.15) is 10.4 Å². The lowest BCUT2D eigenvalue weighted by atomic mass is 10.3. The third-order valence-electron chi connectivity index (χ3n) is 1.53. The van der Waals surface area contributed by atoms with Gasteiger partial charge in [0.15, 0.2) is 0 Å². The first-order valence-corrected chi connectivity index (χ1v) is 5.04. The van der Waals surface area contributed by atoms with E-state index in [2.05, 4.69) is 4.98 Å². The number of thioether (sulfide) groups is 1. The van der Waals surface area contributed by atoms with Crippen molar-refractivity contribution in [2.75, 3.05) is 19.5 Å². The van der Waals surface area contributed by atoms with E-state index in [0.29, 0.717) is 17.4 Å². The second-order valence-corrected chi connectivity index (χ2v) is 3.59. The van der Waals surface area contributed by atoms with Crippen LogP contribution in [0.3, 0.4) is 0 Å². The summed E-state index contributed by atoms with van der Waals surface area (Å²) in [6.45, 7) is 0.584. The number of ether oxygens (including phenoxy) is 1. The quantitative estimate of drug-likeness (QED) is 0.593. The van der Waals surface area contributed by atoms with Crippen LogP contribution in [0.15, 0.2) is 23.4 Å².